The highest BCUT2D eigenvalue weighted by molar-refractivity contribution is 7.92. The lowest BCUT2D eigenvalue weighted by Crippen LogP contribution is -2.50. The minimum absolute atomic E-state index is 0.0336. The molecule has 0 aliphatic carbocycles. The SMILES string of the molecule is CNC(=O)[C@@H](C)N(Cc1cccc(OC)c1)C(=O)CN(c1ccc(C)c(Cl)c1)S(=O)(=O)c1ccc(C)cc1. The molecule has 0 fully saturated rings. The topological polar surface area (TPSA) is 96.0 Å². The van der Waals surface area contributed by atoms with Crippen LogP contribution in [0.5, 0.6) is 5.75 Å². The fraction of sp³-hybridized carbons (Fsp3) is 0.286. The molecule has 38 heavy (non-hydrogen) atoms. The molecule has 1 N–H and O–H groups in total. The molecule has 3 aromatic rings. The number of sulfonamides is 1. The standard InChI is InChI=1S/C28H32ClN3O5S/c1-19-9-13-25(14-10-19)38(35,36)32(23-12-11-20(2)26(29)16-23)18-27(33)31(21(3)28(34)30-4)17-22-7-6-8-24(15-22)37-5/h6-16,21H,17-18H2,1-5H3,(H,30,34)/t21-/m1/s1. The monoisotopic (exact) mass is 557 g/mol. The Labute approximate surface area is 229 Å². The van der Waals surface area contributed by atoms with Gasteiger partial charge < -0.3 is 15.0 Å². The average molecular weight is 558 g/mol. The summed E-state index contributed by atoms with van der Waals surface area (Å²) in [6.45, 7) is 4.78. The molecule has 0 aliphatic heterocycles. The predicted molar refractivity (Wildman–Crippen MR) is 149 cm³/mol. The third kappa shape index (κ3) is 6.65. The summed E-state index contributed by atoms with van der Waals surface area (Å²) in [5.74, 6) is -0.343. The van der Waals surface area contributed by atoms with Crippen LogP contribution in [0.3, 0.4) is 0 Å². The van der Waals surface area contributed by atoms with Crippen molar-refractivity contribution in [2.75, 3.05) is 25.0 Å². The maximum atomic E-state index is 13.8. The second kappa shape index (κ2) is 12.3. The fourth-order valence-electron chi connectivity index (χ4n) is 3.86. The van der Waals surface area contributed by atoms with E-state index >= 15 is 0 Å². The summed E-state index contributed by atoms with van der Waals surface area (Å²) in [5, 5.41) is 2.93. The molecule has 1 atom stereocenters. The van der Waals surface area contributed by atoms with Crippen LogP contribution in [0.25, 0.3) is 0 Å². The van der Waals surface area contributed by atoms with Gasteiger partial charge in [0, 0.05) is 18.6 Å². The van der Waals surface area contributed by atoms with Crippen molar-refractivity contribution in [2.24, 2.45) is 0 Å². The normalized spacial score (nSPS) is 11.9. The van der Waals surface area contributed by atoms with Crippen molar-refractivity contribution in [1.82, 2.24) is 10.2 Å². The molecule has 0 aliphatic rings. The van der Waals surface area contributed by atoms with E-state index in [1.807, 2.05) is 6.92 Å². The molecule has 3 aromatic carbocycles. The summed E-state index contributed by atoms with van der Waals surface area (Å²) in [5.41, 5.74) is 2.62. The van der Waals surface area contributed by atoms with Gasteiger partial charge in [0.05, 0.1) is 17.7 Å². The lowest BCUT2D eigenvalue weighted by Gasteiger charge is -2.32. The lowest BCUT2D eigenvalue weighted by molar-refractivity contribution is -0.139. The highest BCUT2D eigenvalue weighted by Crippen LogP contribution is 2.29. The van der Waals surface area contributed by atoms with Crippen molar-refractivity contribution < 1.29 is 22.7 Å². The van der Waals surface area contributed by atoms with E-state index in [0.717, 1.165) is 21.0 Å². The van der Waals surface area contributed by atoms with Crippen LogP contribution >= 0.6 is 11.6 Å². The van der Waals surface area contributed by atoms with Gasteiger partial charge in [-0.3, -0.25) is 13.9 Å². The van der Waals surface area contributed by atoms with E-state index in [1.54, 1.807) is 62.4 Å². The third-order valence-corrected chi connectivity index (χ3v) is 8.43. The quantitative estimate of drug-likeness (QED) is 0.400. The first-order valence-corrected chi connectivity index (χ1v) is 13.8. The summed E-state index contributed by atoms with van der Waals surface area (Å²) >= 11 is 6.34. The zero-order valence-electron chi connectivity index (χ0n) is 22.1. The number of methoxy groups -OCH3 is 1. The molecule has 0 saturated heterocycles. The Bertz CT molecular complexity index is 1410. The van der Waals surface area contributed by atoms with Crippen LogP contribution in [0.1, 0.15) is 23.6 Å². The van der Waals surface area contributed by atoms with Gasteiger partial charge in [-0.1, -0.05) is 47.5 Å². The van der Waals surface area contributed by atoms with Gasteiger partial charge in [0.1, 0.15) is 18.3 Å². The number of rotatable bonds is 10. The fourth-order valence-corrected chi connectivity index (χ4v) is 5.44. The van der Waals surface area contributed by atoms with E-state index < -0.39 is 28.5 Å². The van der Waals surface area contributed by atoms with Gasteiger partial charge >= 0.3 is 0 Å². The first kappa shape index (κ1) is 29.0. The molecule has 2 amide bonds. The maximum absolute atomic E-state index is 13.8. The van der Waals surface area contributed by atoms with E-state index in [-0.39, 0.29) is 23.0 Å². The van der Waals surface area contributed by atoms with Crippen molar-refractivity contribution in [3.8, 4) is 5.75 Å². The highest BCUT2D eigenvalue weighted by atomic mass is 35.5. The molecule has 0 bridgehead atoms. The zero-order chi connectivity index (χ0) is 28.0. The van der Waals surface area contributed by atoms with Crippen LogP contribution in [0.2, 0.25) is 5.02 Å². The summed E-state index contributed by atoms with van der Waals surface area (Å²) < 4.78 is 33.9. The molecule has 0 radical (unpaired) electrons. The molecule has 0 unspecified atom stereocenters. The Kier molecular flexibility index (Phi) is 9.40. The summed E-state index contributed by atoms with van der Waals surface area (Å²) in [6, 6.07) is 17.5. The summed E-state index contributed by atoms with van der Waals surface area (Å²) in [4.78, 5) is 27.8. The van der Waals surface area contributed by atoms with Gasteiger partial charge in [-0.15, -0.1) is 0 Å². The summed E-state index contributed by atoms with van der Waals surface area (Å²) in [6.07, 6.45) is 0. The van der Waals surface area contributed by atoms with Crippen molar-refractivity contribution in [3.63, 3.8) is 0 Å². The number of halogens is 1. The molecule has 10 heteroatoms. The van der Waals surface area contributed by atoms with Crippen LogP contribution in [-0.2, 0) is 26.2 Å². The molecule has 0 aromatic heterocycles. The Morgan fingerprint density at radius 3 is 2.32 bits per heavy atom. The number of benzene rings is 3. The second-order valence-corrected chi connectivity index (χ2v) is 11.2. The van der Waals surface area contributed by atoms with Crippen LogP contribution in [0.4, 0.5) is 5.69 Å². The Hall–Kier alpha value is -3.56. The van der Waals surface area contributed by atoms with Crippen LogP contribution in [-0.4, -0.2) is 51.9 Å². The van der Waals surface area contributed by atoms with E-state index in [9.17, 15) is 18.0 Å². The molecule has 0 spiro atoms. The van der Waals surface area contributed by atoms with Gasteiger partial charge in [0.2, 0.25) is 11.8 Å². The Morgan fingerprint density at radius 2 is 1.71 bits per heavy atom. The van der Waals surface area contributed by atoms with Gasteiger partial charge in [-0.05, 0) is 68.3 Å². The number of likely N-dealkylation sites (N-methyl/N-ethyl adjacent to an activating group) is 1. The first-order valence-electron chi connectivity index (χ1n) is 12.0. The minimum atomic E-state index is -4.16. The van der Waals surface area contributed by atoms with E-state index in [0.29, 0.717) is 10.8 Å². The van der Waals surface area contributed by atoms with Crippen molar-refractivity contribution in [2.45, 2.75) is 38.3 Å². The van der Waals surface area contributed by atoms with E-state index in [2.05, 4.69) is 5.32 Å². The van der Waals surface area contributed by atoms with Crippen LogP contribution in [0, 0.1) is 13.8 Å². The smallest absolute Gasteiger partial charge is 0.264 e. The van der Waals surface area contributed by atoms with Gasteiger partial charge in [-0.25, -0.2) is 8.42 Å². The molecular weight excluding hydrogens is 526 g/mol. The van der Waals surface area contributed by atoms with Crippen molar-refractivity contribution in [3.05, 3.63) is 88.4 Å². The molecule has 0 heterocycles. The van der Waals surface area contributed by atoms with Gasteiger partial charge in [0.25, 0.3) is 10.0 Å². The Morgan fingerprint density at radius 1 is 1.03 bits per heavy atom. The molecule has 8 nitrogen and oxygen atoms in total. The second-order valence-electron chi connectivity index (χ2n) is 8.92. The average Bonchev–Trinajstić information content (AvgIpc) is 2.91. The number of ether oxygens (including phenoxy) is 1. The number of amides is 2. The molecule has 3 rings (SSSR count). The van der Waals surface area contributed by atoms with E-state index in [4.69, 9.17) is 16.3 Å². The summed E-state index contributed by atoms with van der Waals surface area (Å²) in [7, 11) is -1.14. The number of carbonyl (C=O) groups excluding carboxylic acids is 2. The third-order valence-electron chi connectivity index (χ3n) is 6.23. The Balaban J connectivity index is 2.06. The van der Waals surface area contributed by atoms with Gasteiger partial charge in [0.15, 0.2) is 0 Å². The van der Waals surface area contributed by atoms with Crippen LogP contribution < -0.4 is 14.4 Å². The maximum Gasteiger partial charge on any atom is 0.264 e. The number of aryl methyl sites for hydroxylation is 2. The number of nitrogens with zero attached hydrogens (tertiary/aromatic N) is 2. The largest absolute Gasteiger partial charge is 0.497 e. The van der Waals surface area contributed by atoms with Gasteiger partial charge in [-0.2, -0.15) is 0 Å². The first-order chi connectivity index (χ1) is 18.0. The molecule has 0 saturated carbocycles. The van der Waals surface area contributed by atoms with Crippen LogP contribution in [0.15, 0.2) is 71.6 Å². The zero-order valence-corrected chi connectivity index (χ0v) is 23.6. The van der Waals surface area contributed by atoms with E-state index in [1.165, 1.54) is 37.3 Å². The molecule has 202 valence electrons. The number of nitrogens with one attached hydrogen (secondary N) is 1. The lowest BCUT2D eigenvalue weighted by atomic mass is 10.1. The minimum Gasteiger partial charge on any atom is -0.497 e. The number of anilines is 1. The van der Waals surface area contributed by atoms with Crippen molar-refractivity contribution in [1.29, 1.82) is 0 Å². The number of carbonyl (C=O) groups is 2. The number of hydrogen-bond donors (Lipinski definition) is 1. The molecular formula is C28H32ClN3O5S. The predicted octanol–water partition coefficient (Wildman–Crippen LogP) is 4.32. The highest BCUT2D eigenvalue weighted by Gasteiger charge is 2.32. The van der Waals surface area contributed by atoms with Crippen molar-refractivity contribution >= 4 is 39.1 Å². The number of hydrogen-bond acceptors (Lipinski definition) is 5.